The molecule has 0 fully saturated rings. The lowest BCUT2D eigenvalue weighted by molar-refractivity contribution is -0.121. The Morgan fingerprint density at radius 1 is 1.14 bits per heavy atom. The lowest BCUT2D eigenvalue weighted by Crippen LogP contribution is -2.17. The van der Waals surface area contributed by atoms with Crippen LogP contribution in [-0.2, 0) is 9.59 Å². The van der Waals surface area contributed by atoms with Crippen LogP contribution in [0.3, 0.4) is 0 Å². The van der Waals surface area contributed by atoms with E-state index in [1.54, 1.807) is 37.3 Å². The standard InChI is InChI=1S/C14H14ClN3O3/c1-9-8-12(18-21-9)17-14(20)7-6-13(19)16-11-4-2-10(15)3-5-11/h2-5,8H,6-7H2,1H3,(H,16,19)(H,17,18,20). The number of hydrogen-bond acceptors (Lipinski definition) is 4. The summed E-state index contributed by atoms with van der Waals surface area (Å²) in [7, 11) is 0. The zero-order valence-corrected chi connectivity index (χ0v) is 12.1. The summed E-state index contributed by atoms with van der Waals surface area (Å²) in [6, 6.07) is 8.34. The molecule has 1 aromatic heterocycles. The number of carbonyl (C=O) groups excluding carboxylic acids is 2. The van der Waals surface area contributed by atoms with Crippen LogP contribution in [0.5, 0.6) is 0 Å². The van der Waals surface area contributed by atoms with Crippen molar-refractivity contribution in [1.82, 2.24) is 5.16 Å². The Hall–Kier alpha value is -2.34. The van der Waals surface area contributed by atoms with E-state index in [0.29, 0.717) is 22.3 Å². The van der Waals surface area contributed by atoms with E-state index in [4.69, 9.17) is 16.1 Å². The number of carbonyl (C=O) groups is 2. The largest absolute Gasteiger partial charge is 0.360 e. The molecule has 0 saturated heterocycles. The number of nitrogens with one attached hydrogen (secondary N) is 2. The summed E-state index contributed by atoms with van der Waals surface area (Å²) in [4.78, 5) is 23.3. The van der Waals surface area contributed by atoms with Crippen LogP contribution in [0.4, 0.5) is 11.5 Å². The van der Waals surface area contributed by atoms with Gasteiger partial charge in [-0.3, -0.25) is 9.59 Å². The van der Waals surface area contributed by atoms with Crippen LogP contribution in [0.2, 0.25) is 5.02 Å². The Morgan fingerprint density at radius 3 is 2.33 bits per heavy atom. The summed E-state index contributed by atoms with van der Waals surface area (Å²) in [5, 5.41) is 9.46. The van der Waals surface area contributed by atoms with E-state index < -0.39 is 0 Å². The molecule has 0 atom stereocenters. The second-order valence-corrected chi connectivity index (χ2v) is 4.86. The van der Waals surface area contributed by atoms with Crippen LogP contribution in [0, 0.1) is 6.92 Å². The number of rotatable bonds is 5. The summed E-state index contributed by atoms with van der Waals surface area (Å²) < 4.78 is 4.82. The molecule has 1 heterocycles. The third kappa shape index (κ3) is 4.92. The lowest BCUT2D eigenvalue weighted by atomic mass is 10.2. The summed E-state index contributed by atoms with van der Waals surface area (Å²) in [6.45, 7) is 1.72. The first-order valence-electron chi connectivity index (χ1n) is 6.31. The molecule has 0 radical (unpaired) electrons. The van der Waals surface area contributed by atoms with Crippen LogP contribution < -0.4 is 10.6 Å². The quantitative estimate of drug-likeness (QED) is 0.889. The Balaban J connectivity index is 1.75. The van der Waals surface area contributed by atoms with E-state index >= 15 is 0 Å². The third-order valence-electron chi connectivity index (χ3n) is 2.60. The van der Waals surface area contributed by atoms with E-state index in [-0.39, 0.29) is 24.7 Å². The molecule has 0 aliphatic carbocycles. The number of benzene rings is 1. The van der Waals surface area contributed by atoms with Crippen molar-refractivity contribution in [3.05, 3.63) is 41.1 Å². The molecule has 7 heteroatoms. The van der Waals surface area contributed by atoms with Crippen molar-refractivity contribution in [2.24, 2.45) is 0 Å². The monoisotopic (exact) mass is 307 g/mol. The van der Waals surface area contributed by atoms with Crippen LogP contribution in [-0.4, -0.2) is 17.0 Å². The molecule has 21 heavy (non-hydrogen) atoms. The molecule has 2 N–H and O–H groups in total. The van der Waals surface area contributed by atoms with Gasteiger partial charge in [0.05, 0.1) is 0 Å². The molecule has 2 aromatic rings. The van der Waals surface area contributed by atoms with Gasteiger partial charge in [-0.2, -0.15) is 0 Å². The topological polar surface area (TPSA) is 84.2 Å². The Morgan fingerprint density at radius 2 is 1.76 bits per heavy atom. The Kier molecular flexibility index (Phi) is 4.94. The number of amides is 2. The van der Waals surface area contributed by atoms with Gasteiger partial charge >= 0.3 is 0 Å². The number of halogens is 1. The van der Waals surface area contributed by atoms with Gasteiger partial charge in [-0.05, 0) is 31.2 Å². The van der Waals surface area contributed by atoms with E-state index in [9.17, 15) is 9.59 Å². The van der Waals surface area contributed by atoms with E-state index in [0.717, 1.165) is 0 Å². The predicted octanol–water partition coefficient (Wildman–Crippen LogP) is 2.99. The van der Waals surface area contributed by atoms with Crippen molar-refractivity contribution < 1.29 is 14.1 Å². The van der Waals surface area contributed by atoms with Gasteiger partial charge in [0.2, 0.25) is 11.8 Å². The molecule has 0 aliphatic rings. The summed E-state index contributed by atoms with van der Waals surface area (Å²) in [5.41, 5.74) is 0.636. The molecule has 6 nitrogen and oxygen atoms in total. The predicted molar refractivity (Wildman–Crippen MR) is 79.2 cm³/mol. The van der Waals surface area contributed by atoms with Crippen LogP contribution in [0.1, 0.15) is 18.6 Å². The maximum absolute atomic E-state index is 11.7. The fourth-order valence-electron chi connectivity index (χ4n) is 1.61. The zero-order valence-electron chi connectivity index (χ0n) is 11.4. The molecule has 0 saturated carbocycles. The number of aromatic nitrogens is 1. The molecule has 2 rings (SSSR count). The van der Waals surface area contributed by atoms with Crippen LogP contribution in [0.25, 0.3) is 0 Å². The van der Waals surface area contributed by atoms with Gasteiger partial charge in [-0.15, -0.1) is 0 Å². The van der Waals surface area contributed by atoms with Crippen molar-refractivity contribution >= 4 is 34.9 Å². The van der Waals surface area contributed by atoms with Gasteiger partial charge in [-0.25, -0.2) is 0 Å². The fraction of sp³-hybridized carbons (Fsp3) is 0.214. The van der Waals surface area contributed by atoms with E-state index in [1.807, 2.05) is 0 Å². The van der Waals surface area contributed by atoms with Gasteiger partial charge in [0.1, 0.15) is 5.76 Å². The van der Waals surface area contributed by atoms with Gasteiger partial charge in [-0.1, -0.05) is 16.8 Å². The average molecular weight is 308 g/mol. The minimum atomic E-state index is -0.297. The lowest BCUT2D eigenvalue weighted by Gasteiger charge is -2.05. The second kappa shape index (κ2) is 6.90. The van der Waals surface area contributed by atoms with Crippen molar-refractivity contribution in [1.29, 1.82) is 0 Å². The number of nitrogens with zero attached hydrogens (tertiary/aromatic N) is 1. The molecular weight excluding hydrogens is 294 g/mol. The first kappa shape index (κ1) is 15.1. The minimum absolute atomic E-state index is 0.0608. The molecule has 0 aliphatic heterocycles. The van der Waals surface area contributed by atoms with Crippen molar-refractivity contribution in [2.75, 3.05) is 10.6 Å². The molecule has 2 amide bonds. The van der Waals surface area contributed by atoms with Crippen molar-refractivity contribution in [3.63, 3.8) is 0 Å². The van der Waals surface area contributed by atoms with E-state index in [2.05, 4.69) is 15.8 Å². The minimum Gasteiger partial charge on any atom is -0.360 e. The van der Waals surface area contributed by atoms with E-state index in [1.165, 1.54) is 0 Å². The summed E-state index contributed by atoms with van der Waals surface area (Å²) in [6.07, 6.45) is 0.136. The SMILES string of the molecule is Cc1cc(NC(=O)CCC(=O)Nc2ccc(Cl)cc2)no1. The Labute approximate surface area is 126 Å². The third-order valence-corrected chi connectivity index (χ3v) is 2.85. The van der Waals surface area contributed by atoms with Gasteiger partial charge in [0, 0.05) is 29.6 Å². The second-order valence-electron chi connectivity index (χ2n) is 4.43. The molecule has 0 bridgehead atoms. The van der Waals surface area contributed by atoms with Crippen LogP contribution in [0.15, 0.2) is 34.9 Å². The fourth-order valence-corrected chi connectivity index (χ4v) is 1.74. The first-order valence-corrected chi connectivity index (χ1v) is 6.69. The smallest absolute Gasteiger partial charge is 0.226 e. The highest BCUT2D eigenvalue weighted by molar-refractivity contribution is 6.30. The highest BCUT2D eigenvalue weighted by Crippen LogP contribution is 2.14. The first-order chi connectivity index (χ1) is 10.0. The number of hydrogen-bond donors (Lipinski definition) is 2. The molecular formula is C14H14ClN3O3. The molecule has 1 aromatic carbocycles. The Bertz CT molecular complexity index is 637. The highest BCUT2D eigenvalue weighted by Gasteiger charge is 2.09. The maximum Gasteiger partial charge on any atom is 0.226 e. The summed E-state index contributed by atoms with van der Waals surface area (Å²) >= 11 is 5.75. The summed E-state index contributed by atoms with van der Waals surface area (Å²) in [5.74, 6) is 0.403. The average Bonchev–Trinajstić information content (AvgIpc) is 2.84. The van der Waals surface area contributed by atoms with Crippen molar-refractivity contribution in [3.8, 4) is 0 Å². The molecule has 0 spiro atoms. The zero-order chi connectivity index (χ0) is 15.2. The maximum atomic E-state index is 11.7. The highest BCUT2D eigenvalue weighted by atomic mass is 35.5. The van der Waals surface area contributed by atoms with Crippen LogP contribution >= 0.6 is 11.6 Å². The van der Waals surface area contributed by atoms with Gasteiger partial charge in [0.15, 0.2) is 5.82 Å². The van der Waals surface area contributed by atoms with Gasteiger partial charge in [0.25, 0.3) is 0 Å². The van der Waals surface area contributed by atoms with Gasteiger partial charge < -0.3 is 15.2 Å². The number of anilines is 2. The number of aryl methyl sites for hydroxylation is 1. The normalized spacial score (nSPS) is 10.2. The van der Waals surface area contributed by atoms with Crippen molar-refractivity contribution in [2.45, 2.75) is 19.8 Å². The molecule has 0 unspecified atom stereocenters. The molecule has 110 valence electrons.